The molecule has 0 amide bonds. The van der Waals surface area contributed by atoms with E-state index >= 15 is 0 Å². The van der Waals surface area contributed by atoms with Crippen LogP contribution >= 0.6 is 11.3 Å². The Bertz CT molecular complexity index is 1320. The molecular weight excluding hydrogens is 422 g/mol. The fourth-order valence-electron chi connectivity index (χ4n) is 4.19. The Labute approximate surface area is 180 Å². The quantitative estimate of drug-likeness (QED) is 0.406. The van der Waals surface area contributed by atoms with Crippen LogP contribution in [0.4, 0.5) is 8.78 Å². The Morgan fingerprint density at radius 1 is 1.35 bits per heavy atom. The van der Waals surface area contributed by atoms with Crippen LogP contribution in [0.5, 0.6) is 0 Å². The molecule has 31 heavy (non-hydrogen) atoms. The Hall–Kier alpha value is -2.94. The standard InChI is InChI=1S/C22H20F2N4O2S/c1-11-16-4-5-17(13-6-14-10-28(3)27-20(14)25-9-13)26-21(16)31-19(11)18(30-12(2)29)15-7-22(23,24)8-15/h4-6,9-10,15,18H,7-8H2,1-3H3. The Morgan fingerprint density at radius 2 is 2.13 bits per heavy atom. The van der Waals surface area contributed by atoms with Gasteiger partial charge in [0.05, 0.1) is 10.6 Å². The minimum Gasteiger partial charge on any atom is -0.457 e. The number of carbonyl (C=O) groups excluding carboxylic acids is 1. The van der Waals surface area contributed by atoms with Gasteiger partial charge < -0.3 is 4.74 Å². The van der Waals surface area contributed by atoms with Crippen molar-refractivity contribution in [3.63, 3.8) is 0 Å². The van der Waals surface area contributed by atoms with Gasteiger partial charge >= 0.3 is 5.97 Å². The van der Waals surface area contributed by atoms with Gasteiger partial charge in [-0.15, -0.1) is 11.3 Å². The molecule has 1 aliphatic rings. The van der Waals surface area contributed by atoms with Crippen LogP contribution in [0.3, 0.4) is 0 Å². The van der Waals surface area contributed by atoms with Crippen molar-refractivity contribution in [2.24, 2.45) is 13.0 Å². The molecule has 0 N–H and O–H groups in total. The topological polar surface area (TPSA) is 69.9 Å². The molecule has 1 atom stereocenters. The second-order valence-corrected chi connectivity index (χ2v) is 9.17. The number of alkyl halides is 2. The number of fused-ring (bicyclic) bond motifs is 2. The summed E-state index contributed by atoms with van der Waals surface area (Å²) in [6.45, 7) is 3.23. The second-order valence-electron chi connectivity index (χ2n) is 8.13. The molecule has 9 heteroatoms. The number of rotatable bonds is 4. The van der Waals surface area contributed by atoms with Crippen LogP contribution in [0.25, 0.3) is 32.5 Å². The van der Waals surface area contributed by atoms with Gasteiger partial charge in [-0.2, -0.15) is 5.10 Å². The van der Waals surface area contributed by atoms with E-state index in [2.05, 4.69) is 10.1 Å². The van der Waals surface area contributed by atoms with E-state index in [0.717, 1.165) is 37.3 Å². The average Bonchev–Trinajstić information content (AvgIpc) is 3.22. The molecule has 0 spiro atoms. The molecule has 160 valence electrons. The molecule has 6 nitrogen and oxygen atoms in total. The number of aromatic nitrogens is 4. The van der Waals surface area contributed by atoms with Crippen LogP contribution in [0.15, 0.2) is 30.6 Å². The van der Waals surface area contributed by atoms with E-state index < -0.39 is 18.0 Å². The molecule has 4 aromatic heterocycles. The van der Waals surface area contributed by atoms with Crippen molar-refractivity contribution in [2.75, 3.05) is 0 Å². The third-order valence-corrected chi connectivity index (χ3v) is 6.97. The predicted octanol–water partition coefficient (Wildman–Crippen LogP) is 5.20. The molecule has 0 bridgehead atoms. The molecule has 4 aromatic rings. The number of hydrogen-bond donors (Lipinski definition) is 0. The normalized spacial score (nSPS) is 17.1. The lowest BCUT2D eigenvalue weighted by atomic mass is 9.76. The molecular formula is C22H20F2N4O2S. The van der Waals surface area contributed by atoms with Crippen LogP contribution in [-0.2, 0) is 16.6 Å². The Balaban J connectivity index is 1.54. The summed E-state index contributed by atoms with van der Waals surface area (Å²) in [5, 5.41) is 6.14. The van der Waals surface area contributed by atoms with Crippen molar-refractivity contribution in [2.45, 2.75) is 38.7 Å². The Kier molecular flexibility index (Phi) is 4.55. The summed E-state index contributed by atoms with van der Waals surface area (Å²) in [5.41, 5.74) is 3.22. The van der Waals surface area contributed by atoms with Gasteiger partial charge in [0.2, 0.25) is 5.92 Å². The number of hydrogen-bond acceptors (Lipinski definition) is 6. The molecule has 0 saturated heterocycles. The van der Waals surface area contributed by atoms with Gasteiger partial charge in [-0.3, -0.25) is 9.48 Å². The molecule has 5 rings (SSSR count). The number of nitrogens with zero attached hydrogens (tertiary/aromatic N) is 4. The van der Waals surface area contributed by atoms with Gasteiger partial charge in [-0.25, -0.2) is 18.7 Å². The zero-order chi connectivity index (χ0) is 21.9. The summed E-state index contributed by atoms with van der Waals surface area (Å²) < 4.78 is 34.2. The third-order valence-electron chi connectivity index (χ3n) is 5.71. The van der Waals surface area contributed by atoms with E-state index in [0.29, 0.717) is 5.65 Å². The number of carbonyl (C=O) groups is 1. The highest BCUT2D eigenvalue weighted by atomic mass is 32.1. The van der Waals surface area contributed by atoms with Crippen molar-refractivity contribution < 1.29 is 18.3 Å². The van der Waals surface area contributed by atoms with Crippen molar-refractivity contribution in [1.82, 2.24) is 19.7 Å². The van der Waals surface area contributed by atoms with Gasteiger partial charge in [0.25, 0.3) is 0 Å². The zero-order valence-electron chi connectivity index (χ0n) is 17.2. The van der Waals surface area contributed by atoms with Crippen LogP contribution in [0.1, 0.15) is 36.3 Å². The lowest BCUT2D eigenvalue weighted by molar-refractivity contribution is -0.172. The molecule has 0 aromatic carbocycles. The average molecular weight is 442 g/mol. The highest BCUT2D eigenvalue weighted by Gasteiger charge is 2.50. The molecule has 1 aliphatic carbocycles. The molecule has 0 aliphatic heterocycles. The molecule has 4 heterocycles. The number of aryl methyl sites for hydroxylation is 2. The van der Waals surface area contributed by atoms with Crippen LogP contribution in [0.2, 0.25) is 0 Å². The van der Waals surface area contributed by atoms with Gasteiger partial charge in [0, 0.05) is 61.5 Å². The summed E-state index contributed by atoms with van der Waals surface area (Å²) in [7, 11) is 1.85. The van der Waals surface area contributed by atoms with Crippen molar-refractivity contribution in [3.05, 3.63) is 41.0 Å². The number of esters is 1. The Morgan fingerprint density at radius 3 is 2.84 bits per heavy atom. The van der Waals surface area contributed by atoms with Gasteiger partial charge in [0.1, 0.15) is 10.9 Å². The second kappa shape index (κ2) is 7.05. The summed E-state index contributed by atoms with van der Waals surface area (Å²) in [5.74, 6) is -3.54. The smallest absolute Gasteiger partial charge is 0.303 e. The lowest BCUT2D eigenvalue weighted by Gasteiger charge is -2.39. The summed E-state index contributed by atoms with van der Waals surface area (Å²) in [6, 6.07) is 5.88. The van der Waals surface area contributed by atoms with Crippen LogP contribution < -0.4 is 0 Å². The van der Waals surface area contributed by atoms with Crippen molar-refractivity contribution in [3.8, 4) is 11.3 Å². The van der Waals surface area contributed by atoms with Gasteiger partial charge in [-0.1, -0.05) is 0 Å². The monoisotopic (exact) mass is 442 g/mol. The molecule has 1 unspecified atom stereocenters. The van der Waals surface area contributed by atoms with Crippen molar-refractivity contribution >= 4 is 38.6 Å². The van der Waals surface area contributed by atoms with E-state index in [1.165, 1.54) is 18.3 Å². The van der Waals surface area contributed by atoms with E-state index in [4.69, 9.17) is 9.72 Å². The molecule has 0 radical (unpaired) electrons. The van der Waals surface area contributed by atoms with Crippen LogP contribution in [-0.4, -0.2) is 31.6 Å². The minimum atomic E-state index is -2.68. The zero-order valence-corrected chi connectivity index (χ0v) is 18.0. The highest BCUT2D eigenvalue weighted by molar-refractivity contribution is 7.19. The molecule has 1 saturated carbocycles. The van der Waals surface area contributed by atoms with E-state index in [1.807, 2.05) is 38.4 Å². The highest BCUT2D eigenvalue weighted by Crippen LogP contribution is 2.52. The summed E-state index contributed by atoms with van der Waals surface area (Å²) in [6.07, 6.45) is 2.43. The predicted molar refractivity (Wildman–Crippen MR) is 114 cm³/mol. The van der Waals surface area contributed by atoms with E-state index in [-0.39, 0.29) is 18.8 Å². The first-order chi connectivity index (χ1) is 14.7. The lowest BCUT2D eigenvalue weighted by Crippen LogP contribution is -2.39. The first-order valence-electron chi connectivity index (χ1n) is 9.95. The maximum absolute atomic E-state index is 13.5. The maximum atomic E-state index is 13.5. The van der Waals surface area contributed by atoms with Crippen molar-refractivity contribution in [1.29, 1.82) is 0 Å². The fraction of sp³-hybridized carbons (Fsp3) is 0.364. The molecule has 1 fully saturated rings. The van der Waals surface area contributed by atoms with E-state index in [1.54, 1.807) is 10.9 Å². The van der Waals surface area contributed by atoms with Gasteiger partial charge in [0.15, 0.2) is 5.65 Å². The first kappa shape index (κ1) is 20.0. The number of pyridine rings is 2. The number of halogens is 2. The number of thiophene rings is 1. The summed E-state index contributed by atoms with van der Waals surface area (Å²) >= 11 is 1.40. The fourth-order valence-corrected chi connectivity index (χ4v) is 5.49. The number of ether oxygens (including phenoxy) is 1. The largest absolute Gasteiger partial charge is 0.457 e. The summed E-state index contributed by atoms with van der Waals surface area (Å²) in [4.78, 5) is 22.4. The first-order valence-corrected chi connectivity index (χ1v) is 10.8. The van der Waals surface area contributed by atoms with Gasteiger partial charge in [-0.05, 0) is 30.7 Å². The van der Waals surface area contributed by atoms with Crippen LogP contribution in [0, 0.1) is 12.8 Å². The minimum absolute atomic E-state index is 0.270. The SMILES string of the molecule is CC(=O)OC(c1sc2nc(-c3cnc4nn(C)cc4c3)ccc2c1C)C1CC(F)(F)C1. The van der Waals surface area contributed by atoms with E-state index in [9.17, 15) is 13.6 Å². The maximum Gasteiger partial charge on any atom is 0.303 e. The third kappa shape index (κ3) is 3.56.